The number of hydrogen-bond acceptors (Lipinski definition) is 3. The van der Waals surface area contributed by atoms with Crippen LogP contribution in [0.1, 0.15) is 37.0 Å². The summed E-state index contributed by atoms with van der Waals surface area (Å²) in [6.45, 7) is 10.4. The van der Waals surface area contributed by atoms with Crippen LogP contribution in [0, 0.1) is 20.8 Å². The summed E-state index contributed by atoms with van der Waals surface area (Å²) in [5.74, 6) is 1.44. The maximum absolute atomic E-state index is 12.5. The monoisotopic (exact) mass is 355 g/mol. The highest BCUT2D eigenvalue weighted by Crippen LogP contribution is 2.19. The van der Waals surface area contributed by atoms with Crippen LogP contribution < -0.4 is 14.8 Å². The second kappa shape index (κ2) is 9.27. The van der Waals surface area contributed by atoms with Gasteiger partial charge in [0.15, 0.2) is 6.10 Å². The molecule has 0 fully saturated rings. The van der Waals surface area contributed by atoms with Crippen molar-refractivity contribution in [3.05, 3.63) is 59.2 Å². The Bertz CT molecular complexity index is 742. The summed E-state index contributed by atoms with van der Waals surface area (Å²) in [5.41, 5.74) is 3.44. The van der Waals surface area contributed by atoms with E-state index < -0.39 is 6.10 Å². The van der Waals surface area contributed by atoms with Gasteiger partial charge in [0.05, 0.1) is 6.04 Å². The molecule has 2 rings (SSSR count). The first-order valence-corrected chi connectivity index (χ1v) is 9.13. The Balaban J connectivity index is 1.89. The molecule has 4 nitrogen and oxygen atoms in total. The summed E-state index contributed by atoms with van der Waals surface area (Å²) in [5, 5.41) is 2.98. The fourth-order valence-corrected chi connectivity index (χ4v) is 2.58. The smallest absolute Gasteiger partial charge is 0.261 e. The number of aryl methyl sites for hydroxylation is 3. The fraction of sp³-hybridized carbons (Fsp3) is 0.409. The van der Waals surface area contributed by atoms with E-state index in [1.807, 2.05) is 70.2 Å². The van der Waals surface area contributed by atoms with E-state index in [-0.39, 0.29) is 11.9 Å². The van der Waals surface area contributed by atoms with Crippen molar-refractivity contribution < 1.29 is 14.3 Å². The van der Waals surface area contributed by atoms with Gasteiger partial charge in [-0.05, 0) is 69.0 Å². The van der Waals surface area contributed by atoms with Gasteiger partial charge in [-0.25, -0.2) is 0 Å². The highest BCUT2D eigenvalue weighted by atomic mass is 16.5. The highest BCUT2D eigenvalue weighted by molar-refractivity contribution is 5.81. The van der Waals surface area contributed by atoms with E-state index in [9.17, 15) is 4.79 Å². The average Bonchev–Trinajstić information content (AvgIpc) is 2.61. The van der Waals surface area contributed by atoms with E-state index in [2.05, 4.69) is 12.2 Å². The van der Waals surface area contributed by atoms with Crippen molar-refractivity contribution in [2.24, 2.45) is 0 Å². The van der Waals surface area contributed by atoms with Crippen LogP contribution in [0.4, 0.5) is 0 Å². The molecule has 2 aromatic carbocycles. The third kappa shape index (κ3) is 5.51. The molecule has 26 heavy (non-hydrogen) atoms. The molecule has 2 aromatic rings. The van der Waals surface area contributed by atoms with Gasteiger partial charge in [-0.15, -0.1) is 0 Å². The van der Waals surface area contributed by atoms with Gasteiger partial charge in [0, 0.05) is 0 Å². The first kappa shape index (κ1) is 19.8. The molecule has 140 valence electrons. The molecule has 0 radical (unpaired) electrons. The third-order valence-electron chi connectivity index (χ3n) is 4.39. The normalized spacial score (nSPS) is 13.0. The van der Waals surface area contributed by atoms with E-state index in [1.54, 1.807) is 0 Å². The minimum Gasteiger partial charge on any atom is -0.491 e. The second-order valence-electron chi connectivity index (χ2n) is 6.75. The minimum absolute atomic E-state index is 0.112. The lowest BCUT2D eigenvalue weighted by Crippen LogP contribution is -2.44. The lowest BCUT2D eigenvalue weighted by Gasteiger charge is -2.21. The number of amides is 1. The fourth-order valence-electron chi connectivity index (χ4n) is 2.58. The summed E-state index contributed by atoms with van der Waals surface area (Å²) < 4.78 is 11.7. The Hall–Kier alpha value is -2.49. The Kier molecular flexibility index (Phi) is 7.07. The van der Waals surface area contributed by atoms with Crippen molar-refractivity contribution in [1.29, 1.82) is 0 Å². The topological polar surface area (TPSA) is 47.6 Å². The predicted octanol–water partition coefficient (Wildman–Crippen LogP) is 4.35. The first-order chi connectivity index (χ1) is 12.4. The minimum atomic E-state index is -0.516. The Morgan fingerprint density at radius 1 is 1.04 bits per heavy atom. The van der Waals surface area contributed by atoms with Crippen molar-refractivity contribution >= 4 is 5.91 Å². The van der Waals surface area contributed by atoms with Crippen molar-refractivity contribution in [3.63, 3.8) is 0 Å². The molecule has 2 atom stereocenters. The van der Waals surface area contributed by atoms with Crippen LogP contribution in [0.2, 0.25) is 0 Å². The molecule has 0 saturated carbocycles. The zero-order valence-corrected chi connectivity index (χ0v) is 16.3. The molecule has 0 aliphatic rings. The maximum atomic E-state index is 12.5. The number of nitrogens with one attached hydrogen (secondary N) is 1. The molecule has 0 bridgehead atoms. The molecule has 0 spiro atoms. The number of carbonyl (C=O) groups excluding carboxylic acids is 1. The molecule has 4 heteroatoms. The molecule has 0 heterocycles. The van der Waals surface area contributed by atoms with Crippen LogP contribution >= 0.6 is 0 Å². The Morgan fingerprint density at radius 2 is 1.77 bits per heavy atom. The molecule has 0 aliphatic carbocycles. The van der Waals surface area contributed by atoms with E-state index in [0.717, 1.165) is 22.6 Å². The van der Waals surface area contributed by atoms with Gasteiger partial charge in [0.25, 0.3) is 5.91 Å². The van der Waals surface area contributed by atoms with E-state index >= 15 is 0 Å². The highest BCUT2D eigenvalue weighted by Gasteiger charge is 2.20. The molecule has 0 saturated heterocycles. The standard InChI is InChI=1S/C22H29NO3/c1-6-20(26-19-12-11-15(2)17(4)13-19)22(24)23-18(5)14-25-21-10-8-7-9-16(21)3/h7-13,18,20H,6,14H2,1-5H3,(H,23,24)/t18-,20+/m0/s1. The van der Waals surface area contributed by atoms with Crippen molar-refractivity contribution in [2.45, 2.75) is 53.2 Å². The predicted molar refractivity (Wildman–Crippen MR) is 105 cm³/mol. The van der Waals surface area contributed by atoms with E-state index in [4.69, 9.17) is 9.47 Å². The summed E-state index contributed by atoms with van der Waals surface area (Å²) >= 11 is 0. The largest absolute Gasteiger partial charge is 0.491 e. The Morgan fingerprint density at radius 3 is 2.42 bits per heavy atom. The van der Waals surface area contributed by atoms with Crippen LogP contribution in [0.3, 0.4) is 0 Å². The van der Waals surface area contributed by atoms with Crippen molar-refractivity contribution in [3.8, 4) is 11.5 Å². The summed E-state index contributed by atoms with van der Waals surface area (Å²) in [6.07, 6.45) is 0.0856. The van der Waals surface area contributed by atoms with Gasteiger partial charge < -0.3 is 14.8 Å². The molecular formula is C22H29NO3. The summed E-state index contributed by atoms with van der Waals surface area (Å²) in [6, 6.07) is 13.6. The van der Waals surface area contributed by atoms with Crippen molar-refractivity contribution in [1.82, 2.24) is 5.32 Å². The van der Waals surface area contributed by atoms with Gasteiger partial charge >= 0.3 is 0 Å². The molecular weight excluding hydrogens is 326 g/mol. The molecule has 1 amide bonds. The quantitative estimate of drug-likeness (QED) is 0.766. The van der Waals surface area contributed by atoms with Gasteiger partial charge in [-0.3, -0.25) is 4.79 Å². The van der Waals surface area contributed by atoms with E-state index in [1.165, 1.54) is 5.56 Å². The lowest BCUT2D eigenvalue weighted by atomic mass is 10.1. The van der Waals surface area contributed by atoms with Crippen LogP contribution in [-0.4, -0.2) is 24.7 Å². The zero-order valence-electron chi connectivity index (χ0n) is 16.3. The number of hydrogen-bond donors (Lipinski definition) is 1. The zero-order chi connectivity index (χ0) is 19.1. The van der Waals surface area contributed by atoms with Crippen LogP contribution in [0.5, 0.6) is 11.5 Å². The van der Waals surface area contributed by atoms with Crippen molar-refractivity contribution in [2.75, 3.05) is 6.61 Å². The maximum Gasteiger partial charge on any atom is 0.261 e. The third-order valence-corrected chi connectivity index (χ3v) is 4.39. The second-order valence-corrected chi connectivity index (χ2v) is 6.75. The van der Waals surface area contributed by atoms with Gasteiger partial charge in [-0.2, -0.15) is 0 Å². The van der Waals surface area contributed by atoms with Gasteiger partial charge in [-0.1, -0.05) is 31.2 Å². The number of rotatable bonds is 8. The van der Waals surface area contributed by atoms with E-state index in [0.29, 0.717) is 13.0 Å². The Labute approximate surface area is 156 Å². The first-order valence-electron chi connectivity index (χ1n) is 9.13. The SMILES string of the molecule is CC[C@@H](Oc1ccc(C)c(C)c1)C(=O)N[C@@H](C)COc1ccccc1C. The number of ether oxygens (including phenoxy) is 2. The summed E-state index contributed by atoms with van der Waals surface area (Å²) in [7, 11) is 0. The number of carbonyl (C=O) groups is 1. The lowest BCUT2D eigenvalue weighted by molar-refractivity contribution is -0.128. The molecule has 1 N–H and O–H groups in total. The van der Waals surface area contributed by atoms with Crippen LogP contribution in [0.15, 0.2) is 42.5 Å². The summed E-state index contributed by atoms with van der Waals surface area (Å²) in [4.78, 5) is 12.5. The average molecular weight is 355 g/mol. The van der Waals surface area contributed by atoms with Gasteiger partial charge in [0.2, 0.25) is 0 Å². The molecule has 0 unspecified atom stereocenters. The number of para-hydroxylation sites is 1. The molecule has 0 aliphatic heterocycles. The van der Waals surface area contributed by atoms with Crippen LogP contribution in [-0.2, 0) is 4.79 Å². The number of benzene rings is 2. The molecule has 0 aromatic heterocycles. The van der Waals surface area contributed by atoms with Gasteiger partial charge in [0.1, 0.15) is 18.1 Å². The van der Waals surface area contributed by atoms with Crippen LogP contribution in [0.25, 0.3) is 0 Å².